The predicted octanol–water partition coefficient (Wildman–Crippen LogP) is 3.29. The lowest BCUT2D eigenvalue weighted by molar-refractivity contribution is 0.0728. The van der Waals surface area contributed by atoms with Gasteiger partial charge in [-0.05, 0) is 19.8 Å². The lowest BCUT2D eigenvalue weighted by Gasteiger charge is -2.24. The smallest absolute Gasteiger partial charge is 0.273 e. The van der Waals surface area contributed by atoms with Crippen LogP contribution in [0.3, 0.4) is 0 Å². The highest BCUT2D eigenvalue weighted by Crippen LogP contribution is 2.39. The quantitative estimate of drug-likeness (QED) is 0.851. The molecule has 0 unspecified atom stereocenters. The van der Waals surface area contributed by atoms with Crippen molar-refractivity contribution in [3.8, 4) is 5.88 Å². The molecule has 1 atom stereocenters. The van der Waals surface area contributed by atoms with Gasteiger partial charge < -0.3 is 9.64 Å². The number of carbonyl (C=O) groups is 1. The maximum Gasteiger partial charge on any atom is 0.273 e. The fourth-order valence-electron chi connectivity index (χ4n) is 3.39. The SMILES string of the molecule is COc1c([C@@H]2CCCN2C(=O)c2csc(C(C)C)n2)c(C)nn1C. The third-order valence-electron chi connectivity index (χ3n) is 4.49. The van der Waals surface area contributed by atoms with Gasteiger partial charge in [-0.2, -0.15) is 5.10 Å². The van der Waals surface area contributed by atoms with Gasteiger partial charge in [-0.15, -0.1) is 11.3 Å². The van der Waals surface area contributed by atoms with Crippen LogP contribution in [0.15, 0.2) is 5.38 Å². The fourth-order valence-corrected chi connectivity index (χ4v) is 4.20. The van der Waals surface area contributed by atoms with Gasteiger partial charge in [0.15, 0.2) is 0 Å². The number of rotatable bonds is 4. The van der Waals surface area contributed by atoms with Gasteiger partial charge in [0.25, 0.3) is 5.91 Å². The molecule has 0 spiro atoms. The second-order valence-corrected chi connectivity index (χ2v) is 7.40. The summed E-state index contributed by atoms with van der Waals surface area (Å²) in [6.07, 6.45) is 1.91. The van der Waals surface area contributed by atoms with E-state index in [9.17, 15) is 4.79 Å². The van der Waals surface area contributed by atoms with E-state index in [0.29, 0.717) is 11.6 Å². The maximum absolute atomic E-state index is 13.0. The van der Waals surface area contributed by atoms with E-state index in [1.54, 1.807) is 23.1 Å². The number of methoxy groups -OCH3 is 1. The number of nitrogens with zero attached hydrogens (tertiary/aromatic N) is 4. The van der Waals surface area contributed by atoms with Crippen molar-refractivity contribution in [2.45, 2.75) is 45.6 Å². The molecule has 0 N–H and O–H groups in total. The van der Waals surface area contributed by atoms with Crippen molar-refractivity contribution in [2.24, 2.45) is 7.05 Å². The summed E-state index contributed by atoms with van der Waals surface area (Å²) < 4.78 is 7.27. The highest BCUT2D eigenvalue weighted by molar-refractivity contribution is 7.09. The van der Waals surface area contributed by atoms with E-state index in [4.69, 9.17) is 4.74 Å². The first-order chi connectivity index (χ1) is 11.4. The minimum atomic E-state index is 0.00495. The molecule has 0 bridgehead atoms. The van der Waals surface area contributed by atoms with Crippen molar-refractivity contribution < 1.29 is 9.53 Å². The van der Waals surface area contributed by atoms with Crippen molar-refractivity contribution in [3.05, 3.63) is 27.3 Å². The Bertz CT molecular complexity index is 750. The Morgan fingerprint density at radius 3 is 2.83 bits per heavy atom. The van der Waals surface area contributed by atoms with E-state index in [0.717, 1.165) is 41.5 Å². The van der Waals surface area contributed by atoms with Gasteiger partial charge in [0, 0.05) is 24.9 Å². The normalized spacial score (nSPS) is 17.8. The summed E-state index contributed by atoms with van der Waals surface area (Å²) >= 11 is 1.56. The Morgan fingerprint density at radius 2 is 2.21 bits per heavy atom. The zero-order chi connectivity index (χ0) is 17.4. The first-order valence-electron chi connectivity index (χ1n) is 8.27. The van der Waals surface area contributed by atoms with Crippen LogP contribution in [0.2, 0.25) is 0 Å². The summed E-state index contributed by atoms with van der Waals surface area (Å²) in [5.74, 6) is 1.08. The number of thiazole rings is 1. The number of hydrogen-bond acceptors (Lipinski definition) is 5. The van der Waals surface area contributed by atoms with Crippen LogP contribution in [0.25, 0.3) is 0 Å². The topological polar surface area (TPSA) is 60.2 Å². The minimum Gasteiger partial charge on any atom is -0.481 e. The third kappa shape index (κ3) is 2.81. The van der Waals surface area contributed by atoms with Crippen molar-refractivity contribution in [1.82, 2.24) is 19.7 Å². The second kappa shape index (κ2) is 6.55. The molecule has 130 valence electrons. The number of hydrogen-bond donors (Lipinski definition) is 0. The van der Waals surface area contributed by atoms with E-state index in [2.05, 4.69) is 23.9 Å². The molecule has 0 saturated carbocycles. The molecule has 0 aliphatic carbocycles. The molecule has 1 aliphatic heterocycles. The summed E-state index contributed by atoms with van der Waals surface area (Å²) in [5.41, 5.74) is 2.49. The maximum atomic E-state index is 13.0. The molecule has 1 amide bonds. The molecule has 0 radical (unpaired) electrons. The average Bonchev–Trinajstić information content (AvgIpc) is 3.24. The van der Waals surface area contributed by atoms with E-state index in [1.807, 2.05) is 24.3 Å². The molecule has 6 nitrogen and oxygen atoms in total. The molecule has 3 rings (SSSR count). The zero-order valence-electron chi connectivity index (χ0n) is 14.9. The van der Waals surface area contributed by atoms with Crippen molar-refractivity contribution in [1.29, 1.82) is 0 Å². The van der Waals surface area contributed by atoms with Gasteiger partial charge in [0.2, 0.25) is 5.88 Å². The number of amides is 1. The minimum absolute atomic E-state index is 0.00495. The molecule has 1 fully saturated rings. The molecule has 1 saturated heterocycles. The predicted molar refractivity (Wildman–Crippen MR) is 93.7 cm³/mol. The second-order valence-electron chi connectivity index (χ2n) is 6.51. The third-order valence-corrected chi connectivity index (χ3v) is 5.63. The summed E-state index contributed by atoms with van der Waals surface area (Å²) in [7, 11) is 3.52. The first kappa shape index (κ1) is 17.0. The van der Waals surface area contributed by atoms with Gasteiger partial charge in [-0.25, -0.2) is 9.67 Å². The molecular formula is C17H24N4O2S. The number of likely N-dealkylation sites (tertiary alicyclic amines) is 1. The van der Waals surface area contributed by atoms with Gasteiger partial charge in [0.05, 0.1) is 29.4 Å². The van der Waals surface area contributed by atoms with E-state index in [-0.39, 0.29) is 11.9 Å². The van der Waals surface area contributed by atoms with Crippen LogP contribution >= 0.6 is 11.3 Å². The largest absolute Gasteiger partial charge is 0.481 e. The molecule has 24 heavy (non-hydrogen) atoms. The lowest BCUT2D eigenvalue weighted by Crippen LogP contribution is -2.31. The number of aromatic nitrogens is 3. The number of ether oxygens (including phenoxy) is 1. The molecule has 2 aromatic rings. The van der Waals surface area contributed by atoms with Crippen LogP contribution in [0.1, 0.15) is 65.4 Å². The Kier molecular flexibility index (Phi) is 4.62. The molecule has 3 heterocycles. The van der Waals surface area contributed by atoms with Crippen LogP contribution in [0.5, 0.6) is 5.88 Å². The van der Waals surface area contributed by atoms with Gasteiger partial charge in [-0.3, -0.25) is 4.79 Å². The highest BCUT2D eigenvalue weighted by Gasteiger charge is 2.36. The van der Waals surface area contributed by atoms with Crippen LogP contribution in [-0.2, 0) is 7.05 Å². The van der Waals surface area contributed by atoms with E-state index >= 15 is 0 Å². The molecule has 7 heteroatoms. The highest BCUT2D eigenvalue weighted by atomic mass is 32.1. The number of aryl methyl sites for hydroxylation is 2. The summed E-state index contributed by atoms with van der Waals surface area (Å²) in [4.78, 5) is 19.4. The van der Waals surface area contributed by atoms with E-state index in [1.165, 1.54) is 0 Å². The monoisotopic (exact) mass is 348 g/mol. The summed E-state index contributed by atoms with van der Waals surface area (Å²) in [6, 6.07) is 0.00495. The van der Waals surface area contributed by atoms with Crippen molar-refractivity contribution in [2.75, 3.05) is 13.7 Å². The van der Waals surface area contributed by atoms with Gasteiger partial charge in [-0.1, -0.05) is 13.8 Å². The van der Waals surface area contributed by atoms with Crippen LogP contribution < -0.4 is 4.74 Å². The zero-order valence-corrected chi connectivity index (χ0v) is 15.7. The van der Waals surface area contributed by atoms with Gasteiger partial charge >= 0.3 is 0 Å². The Balaban J connectivity index is 1.92. The van der Waals surface area contributed by atoms with Crippen LogP contribution in [-0.4, -0.2) is 39.2 Å². The van der Waals surface area contributed by atoms with Crippen molar-refractivity contribution in [3.63, 3.8) is 0 Å². The lowest BCUT2D eigenvalue weighted by atomic mass is 10.0. The van der Waals surface area contributed by atoms with Crippen molar-refractivity contribution >= 4 is 17.2 Å². The Morgan fingerprint density at radius 1 is 1.46 bits per heavy atom. The number of carbonyl (C=O) groups excluding carboxylic acids is 1. The Labute approximate surface area is 146 Å². The van der Waals surface area contributed by atoms with E-state index < -0.39 is 0 Å². The Hall–Kier alpha value is -1.89. The molecule has 2 aromatic heterocycles. The molecule has 0 aromatic carbocycles. The van der Waals surface area contributed by atoms with Gasteiger partial charge in [0.1, 0.15) is 5.69 Å². The molecule has 1 aliphatic rings. The van der Waals surface area contributed by atoms with Crippen LogP contribution in [0.4, 0.5) is 0 Å². The summed E-state index contributed by atoms with van der Waals surface area (Å²) in [5, 5.41) is 7.34. The first-order valence-corrected chi connectivity index (χ1v) is 9.15. The van der Waals surface area contributed by atoms with Crippen LogP contribution in [0, 0.1) is 6.92 Å². The fraction of sp³-hybridized carbons (Fsp3) is 0.588. The average molecular weight is 348 g/mol. The molecular weight excluding hydrogens is 324 g/mol. The summed E-state index contributed by atoms with van der Waals surface area (Å²) in [6.45, 7) is 6.90. The standard InChI is InChI=1S/C17H24N4O2S/c1-10(2)15-18-12(9-24-15)16(22)21-8-6-7-13(21)14-11(3)19-20(4)17(14)23-5/h9-10,13H,6-8H2,1-5H3/t13-/m0/s1.